The monoisotopic (exact) mass is 362 g/mol. The first-order valence-corrected chi connectivity index (χ1v) is 9.35. The largest absolute Gasteiger partial charge is 0.375 e. The molecule has 2 aromatic rings. The van der Waals surface area contributed by atoms with E-state index in [0.717, 1.165) is 38.2 Å². The molecule has 0 aromatic carbocycles. The minimum absolute atomic E-state index is 0.0458. The molecule has 0 unspecified atom stereocenters. The Morgan fingerprint density at radius 2 is 2.24 bits per heavy atom. The third-order valence-electron chi connectivity index (χ3n) is 4.99. The molecule has 2 aliphatic heterocycles. The summed E-state index contributed by atoms with van der Waals surface area (Å²) in [6.07, 6.45) is 5.41. The average molecular weight is 362 g/mol. The van der Waals surface area contributed by atoms with E-state index in [1.54, 1.807) is 11.7 Å². The first-order chi connectivity index (χ1) is 12.1. The van der Waals surface area contributed by atoms with Crippen LogP contribution in [0.15, 0.2) is 17.9 Å². The molecule has 0 bridgehead atoms. The van der Waals surface area contributed by atoms with Crippen LogP contribution < -0.4 is 5.73 Å². The number of rotatable bonds is 3. The molecule has 0 atom stereocenters. The molecule has 1 spiro atoms. The minimum Gasteiger partial charge on any atom is -0.375 e. The molecule has 8 nitrogen and oxygen atoms in total. The number of hydrogen-bond donors (Lipinski definition) is 2. The average Bonchev–Trinajstić information content (AvgIpc) is 3.28. The van der Waals surface area contributed by atoms with E-state index in [1.807, 2.05) is 11.1 Å². The van der Waals surface area contributed by atoms with Crippen molar-refractivity contribution >= 4 is 22.4 Å². The summed E-state index contributed by atoms with van der Waals surface area (Å²) in [4.78, 5) is 28.2. The molecule has 134 valence electrons. The maximum Gasteiger partial charge on any atom is 0.273 e. The van der Waals surface area contributed by atoms with E-state index in [0.29, 0.717) is 30.5 Å². The van der Waals surface area contributed by atoms with E-state index < -0.39 is 0 Å². The van der Waals surface area contributed by atoms with Crippen molar-refractivity contribution in [3.05, 3.63) is 29.3 Å². The highest BCUT2D eigenvalue weighted by molar-refractivity contribution is 7.13. The number of imidazole rings is 1. The van der Waals surface area contributed by atoms with Gasteiger partial charge in [0.15, 0.2) is 5.13 Å². The van der Waals surface area contributed by atoms with E-state index >= 15 is 0 Å². The number of aromatic nitrogens is 3. The highest BCUT2D eigenvalue weighted by atomic mass is 32.1. The predicted octanol–water partition coefficient (Wildman–Crippen LogP) is 0.956. The van der Waals surface area contributed by atoms with Crippen molar-refractivity contribution in [2.24, 2.45) is 0 Å². The number of hydrogen-bond acceptors (Lipinski definition) is 7. The number of thiazole rings is 1. The summed E-state index contributed by atoms with van der Waals surface area (Å²) in [5, 5.41) is 2.16. The zero-order valence-corrected chi connectivity index (χ0v) is 14.8. The fourth-order valence-electron chi connectivity index (χ4n) is 3.60. The molecular weight excluding hydrogens is 340 g/mol. The summed E-state index contributed by atoms with van der Waals surface area (Å²) in [6.45, 7) is 4.58. The molecule has 1 amide bonds. The minimum atomic E-state index is -0.236. The van der Waals surface area contributed by atoms with Gasteiger partial charge in [-0.3, -0.25) is 9.69 Å². The Hall–Kier alpha value is -1.97. The summed E-state index contributed by atoms with van der Waals surface area (Å²) >= 11 is 1.30. The molecule has 0 aliphatic carbocycles. The van der Waals surface area contributed by atoms with Crippen LogP contribution in [0.5, 0.6) is 0 Å². The SMILES string of the molecule is Nc1nc(C(=O)N2CCOC3(CCN(Cc4cnc[nH]4)CC3)C2)cs1. The Bertz CT molecular complexity index is 723. The van der Waals surface area contributed by atoms with Crippen molar-refractivity contribution in [2.45, 2.75) is 25.0 Å². The fourth-order valence-corrected chi connectivity index (χ4v) is 4.14. The second kappa shape index (κ2) is 6.74. The van der Waals surface area contributed by atoms with E-state index in [-0.39, 0.29) is 11.5 Å². The molecule has 2 aromatic heterocycles. The number of carbonyl (C=O) groups excluding carboxylic acids is 1. The van der Waals surface area contributed by atoms with Gasteiger partial charge < -0.3 is 20.4 Å². The van der Waals surface area contributed by atoms with Gasteiger partial charge in [0, 0.05) is 43.4 Å². The lowest BCUT2D eigenvalue weighted by molar-refractivity contribution is -0.128. The number of aromatic amines is 1. The van der Waals surface area contributed by atoms with Crippen LogP contribution in [-0.2, 0) is 11.3 Å². The Kier molecular flexibility index (Phi) is 4.45. The molecule has 0 radical (unpaired) electrons. The molecule has 25 heavy (non-hydrogen) atoms. The van der Waals surface area contributed by atoms with Crippen LogP contribution in [0, 0.1) is 0 Å². The van der Waals surface area contributed by atoms with Crippen molar-refractivity contribution in [1.29, 1.82) is 0 Å². The number of likely N-dealkylation sites (tertiary alicyclic amines) is 1. The fraction of sp³-hybridized carbons (Fsp3) is 0.562. The number of nitrogens with one attached hydrogen (secondary N) is 1. The number of anilines is 1. The highest BCUT2D eigenvalue weighted by Crippen LogP contribution is 2.31. The normalized spacial score (nSPS) is 20.9. The maximum absolute atomic E-state index is 12.7. The second-order valence-electron chi connectivity index (χ2n) is 6.68. The quantitative estimate of drug-likeness (QED) is 0.843. The highest BCUT2D eigenvalue weighted by Gasteiger charge is 2.41. The summed E-state index contributed by atoms with van der Waals surface area (Å²) in [5.74, 6) is -0.0458. The molecule has 2 aliphatic rings. The smallest absolute Gasteiger partial charge is 0.273 e. The van der Waals surface area contributed by atoms with Crippen molar-refractivity contribution in [1.82, 2.24) is 24.8 Å². The molecular formula is C16H22N6O2S. The molecule has 2 saturated heterocycles. The third-order valence-corrected chi connectivity index (χ3v) is 5.67. The molecule has 2 fully saturated rings. The van der Waals surface area contributed by atoms with Gasteiger partial charge in [0.05, 0.1) is 25.1 Å². The summed E-state index contributed by atoms with van der Waals surface area (Å²) in [7, 11) is 0. The lowest BCUT2D eigenvalue weighted by Gasteiger charge is -2.47. The topological polar surface area (TPSA) is 100 Å². The third kappa shape index (κ3) is 3.53. The van der Waals surface area contributed by atoms with Gasteiger partial charge in [-0.2, -0.15) is 0 Å². The summed E-state index contributed by atoms with van der Waals surface area (Å²) in [5.41, 5.74) is 6.98. The van der Waals surface area contributed by atoms with Gasteiger partial charge in [-0.1, -0.05) is 0 Å². The van der Waals surface area contributed by atoms with Gasteiger partial charge in [0.1, 0.15) is 5.69 Å². The molecule has 0 saturated carbocycles. The lowest BCUT2D eigenvalue weighted by Crippen LogP contribution is -2.58. The number of amides is 1. The summed E-state index contributed by atoms with van der Waals surface area (Å²) in [6, 6.07) is 0. The van der Waals surface area contributed by atoms with Crippen LogP contribution in [-0.4, -0.2) is 69.0 Å². The number of ether oxygens (including phenoxy) is 1. The van der Waals surface area contributed by atoms with Crippen molar-refractivity contribution < 1.29 is 9.53 Å². The molecule has 4 heterocycles. The van der Waals surface area contributed by atoms with Crippen LogP contribution in [0.1, 0.15) is 29.0 Å². The number of morpholine rings is 1. The van der Waals surface area contributed by atoms with Gasteiger partial charge in [0.25, 0.3) is 5.91 Å². The van der Waals surface area contributed by atoms with E-state index in [2.05, 4.69) is 19.9 Å². The number of nitrogen functional groups attached to an aromatic ring is 1. The van der Waals surface area contributed by atoms with Gasteiger partial charge in [-0.05, 0) is 12.8 Å². The standard InChI is InChI=1S/C16H22N6O2S/c17-15-20-13(9-25-15)14(23)22-5-6-24-16(10-22)1-3-21(4-2-16)8-12-7-18-11-19-12/h7,9,11H,1-6,8,10H2,(H2,17,20)(H,18,19). The Labute approximate surface area is 150 Å². The van der Waals surface area contributed by atoms with Crippen molar-refractivity contribution in [3.63, 3.8) is 0 Å². The Morgan fingerprint density at radius 3 is 2.92 bits per heavy atom. The zero-order valence-electron chi connectivity index (χ0n) is 14.0. The van der Waals surface area contributed by atoms with E-state index in [4.69, 9.17) is 10.5 Å². The van der Waals surface area contributed by atoms with E-state index in [1.165, 1.54) is 11.3 Å². The summed E-state index contributed by atoms with van der Waals surface area (Å²) < 4.78 is 6.13. The second-order valence-corrected chi connectivity index (χ2v) is 7.57. The number of nitrogens with zero attached hydrogens (tertiary/aromatic N) is 4. The Morgan fingerprint density at radius 1 is 1.40 bits per heavy atom. The number of H-pyrrole nitrogens is 1. The molecule has 9 heteroatoms. The number of carbonyl (C=O) groups is 1. The van der Waals surface area contributed by atoms with Crippen LogP contribution in [0.2, 0.25) is 0 Å². The van der Waals surface area contributed by atoms with Gasteiger partial charge in [-0.25, -0.2) is 9.97 Å². The number of piperidine rings is 1. The first kappa shape index (κ1) is 16.5. The van der Waals surface area contributed by atoms with Crippen LogP contribution in [0.25, 0.3) is 0 Å². The van der Waals surface area contributed by atoms with Crippen LogP contribution >= 0.6 is 11.3 Å². The lowest BCUT2D eigenvalue weighted by atomic mass is 9.89. The van der Waals surface area contributed by atoms with Gasteiger partial charge in [0.2, 0.25) is 0 Å². The maximum atomic E-state index is 12.7. The van der Waals surface area contributed by atoms with Crippen molar-refractivity contribution in [2.75, 3.05) is 38.5 Å². The van der Waals surface area contributed by atoms with Crippen molar-refractivity contribution in [3.8, 4) is 0 Å². The Balaban J connectivity index is 1.37. The first-order valence-electron chi connectivity index (χ1n) is 8.47. The zero-order chi connectivity index (χ0) is 17.3. The van der Waals surface area contributed by atoms with Gasteiger partial charge >= 0.3 is 0 Å². The predicted molar refractivity (Wildman–Crippen MR) is 94.2 cm³/mol. The van der Waals surface area contributed by atoms with Gasteiger partial charge in [-0.15, -0.1) is 11.3 Å². The van der Waals surface area contributed by atoms with E-state index in [9.17, 15) is 4.79 Å². The molecule has 3 N–H and O–H groups in total. The molecule has 4 rings (SSSR count). The van der Waals surface area contributed by atoms with Crippen LogP contribution in [0.4, 0.5) is 5.13 Å². The number of nitrogens with two attached hydrogens (primary N) is 1. The van der Waals surface area contributed by atoms with Crippen LogP contribution in [0.3, 0.4) is 0 Å².